The highest BCUT2D eigenvalue weighted by Crippen LogP contribution is 2.17. The first-order valence-corrected chi connectivity index (χ1v) is 6.96. The van der Waals surface area contributed by atoms with Gasteiger partial charge in [0.2, 0.25) is 5.91 Å². The third-order valence-electron chi connectivity index (χ3n) is 3.33. The molecule has 1 amide bonds. The van der Waals surface area contributed by atoms with Crippen LogP contribution >= 0.6 is 0 Å². The van der Waals surface area contributed by atoms with E-state index in [-0.39, 0.29) is 11.5 Å². The van der Waals surface area contributed by atoms with Crippen LogP contribution in [0.2, 0.25) is 0 Å². The first kappa shape index (κ1) is 14.8. The zero-order chi connectivity index (χ0) is 14.6. The Hall–Kier alpha value is -1.59. The number of hydrogen-bond donors (Lipinski definition) is 2. The largest absolute Gasteiger partial charge is 0.399 e. The molecular formula is C15H23N3O2. The zero-order valence-corrected chi connectivity index (χ0v) is 12.2. The predicted octanol–water partition coefficient (Wildman–Crippen LogP) is 1.71. The van der Waals surface area contributed by atoms with E-state index in [9.17, 15) is 4.79 Å². The Morgan fingerprint density at radius 1 is 1.50 bits per heavy atom. The Kier molecular flexibility index (Phi) is 4.62. The Labute approximate surface area is 120 Å². The van der Waals surface area contributed by atoms with Crippen molar-refractivity contribution >= 4 is 17.3 Å². The fourth-order valence-electron chi connectivity index (χ4n) is 2.40. The lowest BCUT2D eigenvalue weighted by Gasteiger charge is -2.38. The van der Waals surface area contributed by atoms with Crippen LogP contribution in [0.15, 0.2) is 24.3 Å². The maximum atomic E-state index is 11.9. The molecule has 5 nitrogen and oxygen atoms in total. The van der Waals surface area contributed by atoms with Gasteiger partial charge in [0.15, 0.2) is 0 Å². The number of hydrogen-bond acceptors (Lipinski definition) is 4. The molecule has 0 aliphatic carbocycles. The van der Waals surface area contributed by atoms with Crippen molar-refractivity contribution in [1.29, 1.82) is 0 Å². The lowest BCUT2D eigenvalue weighted by atomic mass is 10.1. The van der Waals surface area contributed by atoms with Crippen molar-refractivity contribution in [2.24, 2.45) is 0 Å². The second-order valence-corrected chi connectivity index (χ2v) is 5.81. The topological polar surface area (TPSA) is 67.6 Å². The molecule has 20 heavy (non-hydrogen) atoms. The maximum Gasteiger partial charge on any atom is 0.225 e. The Morgan fingerprint density at radius 2 is 2.30 bits per heavy atom. The van der Waals surface area contributed by atoms with E-state index in [0.29, 0.717) is 12.1 Å². The van der Waals surface area contributed by atoms with Crippen molar-refractivity contribution in [2.75, 3.05) is 37.3 Å². The van der Waals surface area contributed by atoms with Crippen molar-refractivity contribution in [3.63, 3.8) is 0 Å². The van der Waals surface area contributed by atoms with Crippen molar-refractivity contribution in [3.8, 4) is 0 Å². The van der Waals surface area contributed by atoms with E-state index in [4.69, 9.17) is 10.5 Å². The number of anilines is 2. The third-order valence-corrected chi connectivity index (χ3v) is 3.33. The van der Waals surface area contributed by atoms with Crippen LogP contribution in [0.3, 0.4) is 0 Å². The molecule has 110 valence electrons. The van der Waals surface area contributed by atoms with Crippen LogP contribution in [0.25, 0.3) is 0 Å². The first-order chi connectivity index (χ1) is 9.44. The number of rotatable bonds is 4. The van der Waals surface area contributed by atoms with E-state index in [1.165, 1.54) is 0 Å². The van der Waals surface area contributed by atoms with Crippen LogP contribution in [0.5, 0.6) is 0 Å². The van der Waals surface area contributed by atoms with Gasteiger partial charge < -0.3 is 15.8 Å². The monoisotopic (exact) mass is 277 g/mol. The lowest BCUT2D eigenvalue weighted by Crippen LogP contribution is -2.48. The van der Waals surface area contributed by atoms with Crippen LogP contribution in [-0.2, 0) is 9.53 Å². The molecule has 1 heterocycles. The molecule has 1 aromatic rings. The molecule has 5 heteroatoms. The van der Waals surface area contributed by atoms with Crippen LogP contribution in [0.4, 0.5) is 11.4 Å². The summed E-state index contributed by atoms with van der Waals surface area (Å²) in [5.74, 6) is 0.0138. The van der Waals surface area contributed by atoms with Crippen molar-refractivity contribution < 1.29 is 9.53 Å². The quantitative estimate of drug-likeness (QED) is 0.822. The number of morpholine rings is 1. The fraction of sp³-hybridized carbons (Fsp3) is 0.533. The number of nitrogen functional groups attached to an aromatic ring is 1. The molecule has 0 saturated carbocycles. The highest BCUT2D eigenvalue weighted by molar-refractivity contribution is 5.91. The molecule has 0 unspecified atom stereocenters. The molecule has 0 aromatic heterocycles. The highest BCUT2D eigenvalue weighted by atomic mass is 16.5. The van der Waals surface area contributed by atoms with E-state index in [1.807, 2.05) is 12.1 Å². The zero-order valence-electron chi connectivity index (χ0n) is 12.2. The van der Waals surface area contributed by atoms with Gasteiger partial charge in [-0.2, -0.15) is 0 Å². The molecule has 1 aromatic carbocycles. The Bertz CT molecular complexity index is 474. The molecule has 0 bridgehead atoms. The van der Waals surface area contributed by atoms with E-state index in [2.05, 4.69) is 24.1 Å². The van der Waals surface area contributed by atoms with Crippen molar-refractivity contribution in [3.05, 3.63) is 24.3 Å². The summed E-state index contributed by atoms with van der Waals surface area (Å²) >= 11 is 0. The molecular weight excluding hydrogens is 254 g/mol. The summed E-state index contributed by atoms with van der Waals surface area (Å²) < 4.78 is 5.66. The van der Waals surface area contributed by atoms with Gasteiger partial charge in [-0.15, -0.1) is 0 Å². The summed E-state index contributed by atoms with van der Waals surface area (Å²) in [4.78, 5) is 14.2. The standard InChI is InChI=1S/C15H23N3O2/c1-15(2)11-18(8-9-20-15)7-6-14(19)17-13-5-3-4-12(16)10-13/h3-5,10H,6-9,11,16H2,1-2H3,(H,17,19). The molecule has 0 atom stereocenters. The number of nitrogens with zero attached hydrogens (tertiary/aromatic N) is 1. The smallest absolute Gasteiger partial charge is 0.225 e. The number of benzene rings is 1. The Balaban J connectivity index is 1.78. The normalized spacial score (nSPS) is 18.7. The maximum absolute atomic E-state index is 11.9. The molecule has 1 saturated heterocycles. The summed E-state index contributed by atoms with van der Waals surface area (Å²) in [5.41, 5.74) is 6.96. The van der Waals surface area contributed by atoms with Gasteiger partial charge >= 0.3 is 0 Å². The van der Waals surface area contributed by atoms with Gasteiger partial charge in [0.1, 0.15) is 0 Å². The number of ether oxygens (including phenoxy) is 1. The number of carbonyl (C=O) groups is 1. The minimum Gasteiger partial charge on any atom is -0.399 e. The van der Waals surface area contributed by atoms with Crippen molar-refractivity contribution in [2.45, 2.75) is 25.9 Å². The van der Waals surface area contributed by atoms with Crippen LogP contribution < -0.4 is 11.1 Å². The van der Waals surface area contributed by atoms with Gasteiger partial charge in [-0.25, -0.2) is 0 Å². The van der Waals surface area contributed by atoms with Crippen LogP contribution in [0, 0.1) is 0 Å². The number of nitrogens with two attached hydrogens (primary N) is 1. The van der Waals surface area contributed by atoms with E-state index in [1.54, 1.807) is 12.1 Å². The summed E-state index contributed by atoms with van der Waals surface area (Å²) in [6.07, 6.45) is 0.477. The summed E-state index contributed by atoms with van der Waals surface area (Å²) in [5, 5.41) is 2.87. The van der Waals surface area contributed by atoms with Gasteiger partial charge in [-0.3, -0.25) is 9.69 Å². The second kappa shape index (κ2) is 6.24. The van der Waals surface area contributed by atoms with Crippen LogP contribution in [0.1, 0.15) is 20.3 Å². The van der Waals surface area contributed by atoms with E-state index in [0.717, 1.165) is 31.9 Å². The molecule has 0 radical (unpaired) electrons. The summed E-state index contributed by atoms with van der Waals surface area (Å²) in [6, 6.07) is 7.22. The van der Waals surface area contributed by atoms with Gasteiger partial charge in [0, 0.05) is 37.4 Å². The second-order valence-electron chi connectivity index (χ2n) is 5.81. The highest BCUT2D eigenvalue weighted by Gasteiger charge is 2.27. The third kappa shape index (κ3) is 4.51. The minimum absolute atomic E-state index is 0.0138. The molecule has 1 aliphatic heterocycles. The van der Waals surface area contributed by atoms with Gasteiger partial charge in [-0.1, -0.05) is 6.07 Å². The predicted molar refractivity (Wildman–Crippen MR) is 80.6 cm³/mol. The molecule has 3 N–H and O–H groups in total. The van der Waals surface area contributed by atoms with Crippen LogP contribution in [-0.4, -0.2) is 42.6 Å². The molecule has 1 aliphatic rings. The first-order valence-electron chi connectivity index (χ1n) is 6.96. The van der Waals surface area contributed by atoms with Gasteiger partial charge in [-0.05, 0) is 32.0 Å². The average molecular weight is 277 g/mol. The molecule has 0 spiro atoms. The molecule has 1 fully saturated rings. The lowest BCUT2D eigenvalue weighted by molar-refractivity contribution is -0.118. The van der Waals surface area contributed by atoms with Gasteiger partial charge in [0.05, 0.1) is 12.2 Å². The number of amides is 1. The van der Waals surface area contributed by atoms with E-state index >= 15 is 0 Å². The Morgan fingerprint density at radius 3 is 3.00 bits per heavy atom. The van der Waals surface area contributed by atoms with Gasteiger partial charge in [0.25, 0.3) is 0 Å². The van der Waals surface area contributed by atoms with E-state index < -0.39 is 0 Å². The SMILES string of the molecule is CC1(C)CN(CCC(=O)Nc2cccc(N)c2)CCO1. The molecule has 2 rings (SSSR count). The minimum atomic E-state index is -0.122. The number of carbonyl (C=O) groups excluding carboxylic acids is 1. The summed E-state index contributed by atoms with van der Waals surface area (Å²) in [7, 11) is 0. The fourth-order valence-corrected chi connectivity index (χ4v) is 2.40. The average Bonchev–Trinajstić information content (AvgIpc) is 2.35. The van der Waals surface area contributed by atoms with Crippen molar-refractivity contribution in [1.82, 2.24) is 4.90 Å². The summed E-state index contributed by atoms with van der Waals surface area (Å²) in [6.45, 7) is 7.37. The number of nitrogens with one attached hydrogen (secondary N) is 1.